The lowest BCUT2D eigenvalue weighted by Gasteiger charge is -2.22. The van der Waals surface area contributed by atoms with Crippen LogP contribution in [0.25, 0.3) is 0 Å². The fourth-order valence-corrected chi connectivity index (χ4v) is 2.68. The number of carbonyl (C=O) groups is 1. The molecule has 0 heterocycles. The van der Waals surface area contributed by atoms with E-state index >= 15 is 0 Å². The van der Waals surface area contributed by atoms with Gasteiger partial charge in [0.2, 0.25) is 5.91 Å². The molecule has 1 fully saturated rings. The van der Waals surface area contributed by atoms with Crippen molar-refractivity contribution >= 4 is 5.91 Å². The molecular weight excluding hydrogens is 278 g/mol. The van der Waals surface area contributed by atoms with E-state index in [2.05, 4.69) is 6.92 Å². The first kappa shape index (κ1) is 16.7. The molecule has 4 heteroatoms. The molecule has 0 spiro atoms. The van der Waals surface area contributed by atoms with E-state index in [1.807, 2.05) is 23.1 Å². The molecule has 0 atom stereocenters. The molecule has 0 aromatic heterocycles. The molecule has 0 saturated heterocycles. The number of ether oxygens (including phenoxy) is 2. The van der Waals surface area contributed by atoms with Crippen molar-refractivity contribution < 1.29 is 14.3 Å². The number of hydrogen-bond donors (Lipinski definition) is 0. The van der Waals surface area contributed by atoms with Gasteiger partial charge in [-0.25, -0.2) is 0 Å². The molecule has 1 aromatic carbocycles. The second-order valence-electron chi connectivity index (χ2n) is 5.96. The highest BCUT2D eigenvalue weighted by Gasteiger charge is 2.26. The minimum atomic E-state index is 0.249. The van der Waals surface area contributed by atoms with E-state index in [9.17, 15) is 4.79 Å². The van der Waals surface area contributed by atoms with Crippen molar-refractivity contribution in [2.24, 2.45) is 5.92 Å². The van der Waals surface area contributed by atoms with E-state index in [0.717, 1.165) is 42.5 Å². The standard InChI is InChI=1S/C18H27NO3/c1-4-11-19(13-14-5-6-14)18(20)10-7-15-12-16(21-2)8-9-17(15)22-3/h8-9,12,14H,4-7,10-11,13H2,1-3H3. The molecule has 2 rings (SSSR count). The fraction of sp³-hybridized carbons (Fsp3) is 0.611. The van der Waals surface area contributed by atoms with Crippen LogP contribution in [0.1, 0.15) is 38.2 Å². The topological polar surface area (TPSA) is 38.8 Å². The molecule has 1 saturated carbocycles. The first-order valence-electron chi connectivity index (χ1n) is 8.16. The minimum Gasteiger partial charge on any atom is -0.497 e. The largest absolute Gasteiger partial charge is 0.497 e. The van der Waals surface area contributed by atoms with Crippen molar-refractivity contribution in [3.05, 3.63) is 23.8 Å². The van der Waals surface area contributed by atoms with Crippen molar-refractivity contribution in [3.63, 3.8) is 0 Å². The Labute approximate surface area is 133 Å². The summed E-state index contributed by atoms with van der Waals surface area (Å²) in [6.07, 6.45) is 4.77. The van der Waals surface area contributed by atoms with Gasteiger partial charge in [0.15, 0.2) is 0 Å². The Morgan fingerprint density at radius 3 is 2.64 bits per heavy atom. The molecule has 0 aliphatic heterocycles. The molecule has 1 aromatic rings. The van der Waals surface area contributed by atoms with E-state index < -0.39 is 0 Å². The van der Waals surface area contributed by atoms with Crippen molar-refractivity contribution in [1.82, 2.24) is 4.90 Å². The molecular formula is C18H27NO3. The molecule has 22 heavy (non-hydrogen) atoms. The van der Waals surface area contributed by atoms with Crippen LogP contribution < -0.4 is 9.47 Å². The van der Waals surface area contributed by atoms with Gasteiger partial charge >= 0.3 is 0 Å². The first-order valence-corrected chi connectivity index (χ1v) is 8.16. The van der Waals surface area contributed by atoms with Gasteiger partial charge in [-0.15, -0.1) is 0 Å². The van der Waals surface area contributed by atoms with Gasteiger partial charge in [0.25, 0.3) is 0 Å². The highest BCUT2D eigenvalue weighted by atomic mass is 16.5. The van der Waals surface area contributed by atoms with Gasteiger partial charge in [0.1, 0.15) is 11.5 Å². The Kier molecular flexibility index (Phi) is 6.10. The third-order valence-corrected chi connectivity index (χ3v) is 4.12. The summed E-state index contributed by atoms with van der Waals surface area (Å²) in [5.74, 6) is 2.60. The maximum atomic E-state index is 12.5. The average Bonchev–Trinajstić information content (AvgIpc) is 3.35. The SMILES string of the molecule is CCCN(CC1CC1)C(=O)CCc1cc(OC)ccc1OC. The highest BCUT2D eigenvalue weighted by Crippen LogP contribution is 2.30. The summed E-state index contributed by atoms with van der Waals surface area (Å²) < 4.78 is 10.6. The van der Waals surface area contributed by atoms with Gasteiger partial charge in [-0.1, -0.05) is 6.92 Å². The van der Waals surface area contributed by atoms with Crippen LogP contribution in [-0.4, -0.2) is 38.1 Å². The summed E-state index contributed by atoms with van der Waals surface area (Å²) in [5.41, 5.74) is 1.03. The molecule has 122 valence electrons. The average molecular weight is 305 g/mol. The zero-order valence-corrected chi connectivity index (χ0v) is 13.9. The van der Waals surface area contributed by atoms with Crippen LogP contribution in [0.2, 0.25) is 0 Å². The number of nitrogens with zero attached hydrogens (tertiary/aromatic N) is 1. The van der Waals surface area contributed by atoms with E-state index in [0.29, 0.717) is 12.8 Å². The van der Waals surface area contributed by atoms with Gasteiger partial charge in [-0.2, -0.15) is 0 Å². The number of aryl methyl sites for hydroxylation is 1. The van der Waals surface area contributed by atoms with Gasteiger partial charge in [0, 0.05) is 19.5 Å². The molecule has 1 amide bonds. The number of benzene rings is 1. The van der Waals surface area contributed by atoms with Gasteiger partial charge in [0.05, 0.1) is 14.2 Å². The molecule has 0 bridgehead atoms. The number of carbonyl (C=O) groups excluding carboxylic acids is 1. The lowest BCUT2D eigenvalue weighted by molar-refractivity contribution is -0.131. The third-order valence-electron chi connectivity index (χ3n) is 4.12. The number of hydrogen-bond acceptors (Lipinski definition) is 3. The number of rotatable bonds is 9. The lowest BCUT2D eigenvalue weighted by Crippen LogP contribution is -2.33. The van der Waals surface area contributed by atoms with Crippen LogP contribution in [0.5, 0.6) is 11.5 Å². The molecule has 1 aliphatic rings. The van der Waals surface area contributed by atoms with Crippen LogP contribution in [0.4, 0.5) is 0 Å². The van der Waals surface area contributed by atoms with Crippen molar-refractivity contribution in [1.29, 1.82) is 0 Å². The monoisotopic (exact) mass is 305 g/mol. The van der Waals surface area contributed by atoms with Crippen LogP contribution in [-0.2, 0) is 11.2 Å². The molecule has 0 radical (unpaired) electrons. The number of methoxy groups -OCH3 is 2. The molecule has 0 unspecified atom stereocenters. The Bertz CT molecular complexity index is 497. The van der Waals surface area contributed by atoms with E-state index in [4.69, 9.17) is 9.47 Å². The summed E-state index contributed by atoms with van der Waals surface area (Å²) in [6, 6.07) is 5.73. The number of amides is 1. The smallest absolute Gasteiger partial charge is 0.222 e. The van der Waals surface area contributed by atoms with Crippen LogP contribution >= 0.6 is 0 Å². The maximum Gasteiger partial charge on any atom is 0.222 e. The van der Waals surface area contributed by atoms with E-state index in [1.54, 1.807) is 14.2 Å². The van der Waals surface area contributed by atoms with E-state index in [1.165, 1.54) is 12.8 Å². The third kappa shape index (κ3) is 4.65. The normalized spacial score (nSPS) is 13.8. The van der Waals surface area contributed by atoms with E-state index in [-0.39, 0.29) is 5.91 Å². The van der Waals surface area contributed by atoms with Crippen LogP contribution in [0, 0.1) is 5.92 Å². The summed E-state index contributed by atoms with van der Waals surface area (Å²) >= 11 is 0. The van der Waals surface area contributed by atoms with Crippen molar-refractivity contribution in [2.45, 2.75) is 39.0 Å². The molecule has 4 nitrogen and oxygen atoms in total. The zero-order chi connectivity index (χ0) is 15.9. The molecule has 0 N–H and O–H groups in total. The Balaban J connectivity index is 1.96. The highest BCUT2D eigenvalue weighted by molar-refractivity contribution is 5.76. The maximum absolute atomic E-state index is 12.5. The summed E-state index contributed by atoms with van der Waals surface area (Å²) in [5, 5.41) is 0. The Morgan fingerprint density at radius 1 is 1.27 bits per heavy atom. The first-order chi connectivity index (χ1) is 10.7. The predicted molar refractivity (Wildman–Crippen MR) is 87.5 cm³/mol. The lowest BCUT2D eigenvalue weighted by atomic mass is 10.1. The fourth-order valence-electron chi connectivity index (χ4n) is 2.68. The Morgan fingerprint density at radius 2 is 2.05 bits per heavy atom. The van der Waals surface area contributed by atoms with Crippen LogP contribution in [0.3, 0.4) is 0 Å². The van der Waals surface area contributed by atoms with Crippen LogP contribution in [0.15, 0.2) is 18.2 Å². The summed E-state index contributed by atoms with van der Waals surface area (Å²) in [7, 11) is 3.30. The van der Waals surface area contributed by atoms with Gasteiger partial charge < -0.3 is 14.4 Å². The van der Waals surface area contributed by atoms with Crippen molar-refractivity contribution in [3.8, 4) is 11.5 Å². The predicted octanol–water partition coefficient (Wildman–Crippen LogP) is 3.29. The zero-order valence-electron chi connectivity index (χ0n) is 13.9. The van der Waals surface area contributed by atoms with Crippen molar-refractivity contribution in [2.75, 3.05) is 27.3 Å². The quantitative estimate of drug-likeness (QED) is 0.703. The summed E-state index contributed by atoms with van der Waals surface area (Å²) in [4.78, 5) is 14.5. The second kappa shape index (κ2) is 8.06. The minimum absolute atomic E-state index is 0.249. The van der Waals surface area contributed by atoms with Gasteiger partial charge in [-0.05, 0) is 55.4 Å². The van der Waals surface area contributed by atoms with Gasteiger partial charge in [-0.3, -0.25) is 4.79 Å². The summed E-state index contributed by atoms with van der Waals surface area (Å²) in [6.45, 7) is 3.92. The second-order valence-corrected chi connectivity index (χ2v) is 5.96. The molecule has 1 aliphatic carbocycles. The Hall–Kier alpha value is -1.71.